The van der Waals surface area contributed by atoms with Crippen molar-refractivity contribution < 1.29 is 9.72 Å². The summed E-state index contributed by atoms with van der Waals surface area (Å²) in [5.74, 6) is -0.458. The lowest BCUT2D eigenvalue weighted by molar-refractivity contribution is -0.383. The second-order valence-corrected chi connectivity index (χ2v) is 8.03. The summed E-state index contributed by atoms with van der Waals surface area (Å²) in [7, 11) is 0. The van der Waals surface area contributed by atoms with Crippen LogP contribution >= 0.6 is 23.4 Å². The lowest BCUT2D eigenvalue weighted by atomic mass is 10.2. The molecule has 0 aliphatic carbocycles. The number of nitro groups is 1. The van der Waals surface area contributed by atoms with E-state index < -0.39 is 16.1 Å². The van der Waals surface area contributed by atoms with Crippen molar-refractivity contribution in [3.8, 4) is 0 Å². The molecule has 30 heavy (non-hydrogen) atoms. The van der Waals surface area contributed by atoms with Crippen LogP contribution in [0.25, 0.3) is 10.9 Å². The van der Waals surface area contributed by atoms with E-state index in [0.717, 1.165) is 11.8 Å². The molecule has 0 fully saturated rings. The number of amides is 1. The Hall–Kier alpha value is -3.17. The van der Waals surface area contributed by atoms with Crippen molar-refractivity contribution in [3.05, 3.63) is 80.6 Å². The van der Waals surface area contributed by atoms with Crippen LogP contribution in [0.5, 0.6) is 0 Å². The highest BCUT2D eigenvalue weighted by Gasteiger charge is 2.22. The number of nitro benzene ring substituents is 1. The molecule has 8 nitrogen and oxygen atoms in total. The number of nitrogens with one attached hydrogen (secondary N) is 1. The van der Waals surface area contributed by atoms with Crippen LogP contribution in [-0.4, -0.2) is 25.6 Å². The molecule has 1 N–H and O–H groups in total. The Labute approximate surface area is 180 Å². The molecule has 10 heteroatoms. The number of rotatable bonds is 7. The third kappa shape index (κ3) is 4.52. The van der Waals surface area contributed by atoms with Crippen molar-refractivity contribution in [2.75, 3.05) is 5.32 Å². The van der Waals surface area contributed by atoms with Gasteiger partial charge in [-0.15, -0.1) is 6.58 Å². The predicted molar refractivity (Wildman–Crippen MR) is 118 cm³/mol. The molecule has 0 aliphatic rings. The van der Waals surface area contributed by atoms with Crippen LogP contribution in [0, 0.1) is 10.1 Å². The van der Waals surface area contributed by atoms with E-state index in [0.29, 0.717) is 21.1 Å². The fourth-order valence-electron chi connectivity index (χ4n) is 2.74. The third-order valence-electron chi connectivity index (χ3n) is 4.20. The summed E-state index contributed by atoms with van der Waals surface area (Å²) < 4.78 is 1.42. The predicted octanol–water partition coefficient (Wildman–Crippen LogP) is 4.26. The average Bonchev–Trinajstić information content (AvgIpc) is 2.70. The number of allylic oxidation sites excluding steroid dienone is 1. The second kappa shape index (κ2) is 9.10. The average molecular weight is 445 g/mol. The standard InChI is InChI=1S/C20H17ClN4O4S/c1-3-10-24-19(27)14-9-8-13(21)11-16(14)23-20(24)30-12(2)18(26)22-15-6-4-5-7-17(15)25(28)29/h3-9,11-12H,1,10H2,2H3,(H,22,26). The Morgan fingerprint density at radius 1 is 1.40 bits per heavy atom. The number of thioether (sulfide) groups is 1. The monoisotopic (exact) mass is 444 g/mol. The maximum atomic E-state index is 12.9. The van der Waals surface area contributed by atoms with E-state index in [1.54, 1.807) is 37.3 Å². The van der Waals surface area contributed by atoms with E-state index >= 15 is 0 Å². The molecule has 1 amide bonds. The SMILES string of the molecule is C=CCn1c(SC(C)C(=O)Nc2ccccc2[N+](=O)[O-])nc2cc(Cl)ccc2c1=O. The number of hydrogen-bond acceptors (Lipinski definition) is 6. The number of anilines is 1. The van der Waals surface area contributed by atoms with Crippen LogP contribution in [-0.2, 0) is 11.3 Å². The number of halogens is 1. The van der Waals surface area contributed by atoms with Gasteiger partial charge in [0.1, 0.15) is 5.69 Å². The first-order valence-corrected chi connectivity index (χ1v) is 10.1. The smallest absolute Gasteiger partial charge is 0.292 e. The molecule has 0 saturated heterocycles. The Morgan fingerprint density at radius 3 is 2.83 bits per heavy atom. The molecule has 1 heterocycles. The van der Waals surface area contributed by atoms with Gasteiger partial charge in [0.25, 0.3) is 11.2 Å². The molecule has 0 bridgehead atoms. The lowest BCUT2D eigenvalue weighted by Gasteiger charge is -2.15. The number of carbonyl (C=O) groups is 1. The summed E-state index contributed by atoms with van der Waals surface area (Å²) in [6.07, 6.45) is 1.56. The molecule has 3 aromatic rings. The number of para-hydroxylation sites is 2. The Morgan fingerprint density at radius 2 is 2.13 bits per heavy atom. The fraction of sp³-hybridized carbons (Fsp3) is 0.150. The first kappa shape index (κ1) is 21.5. The molecule has 1 unspecified atom stereocenters. The molecule has 2 aromatic carbocycles. The Bertz CT molecular complexity index is 1210. The molecule has 154 valence electrons. The van der Waals surface area contributed by atoms with Gasteiger partial charge in [0.15, 0.2) is 5.16 Å². The minimum absolute atomic E-state index is 0.0988. The van der Waals surface area contributed by atoms with Crippen molar-refractivity contribution in [3.63, 3.8) is 0 Å². The maximum Gasteiger partial charge on any atom is 0.292 e. The van der Waals surface area contributed by atoms with E-state index in [1.807, 2.05) is 0 Å². The van der Waals surface area contributed by atoms with Crippen LogP contribution in [0.3, 0.4) is 0 Å². The van der Waals surface area contributed by atoms with Crippen molar-refractivity contribution >= 4 is 51.5 Å². The first-order chi connectivity index (χ1) is 14.3. The van der Waals surface area contributed by atoms with Gasteiger partial charge in [-0.05, 0) is 31.2 Å². The van der Waals surface area contributed by atoms with Gasteiger partial charge >= 0.3 is 0 Å². The van der Waals surface area contributed by atoms with Gasteiger partial charge in [-0.2, -0.15) is 0 Å². The molecule has 0 radical (unpaired) electrons. The summed E-state index contributed by atoms with van der Waals surface area (Å²) in [6.45, 7) is 5.51. The zero-order valence-corrected chi connectivity index (χ0v) is 17.4. The van der Waals surface area contributed by atoms with Gasteiger partial charge in [0.05, 0.1) is 21.1 Å². The quantitative estimate of drug-likeness (QED) is 0.192. The number of fused-ring (bicyclic) bond motifs is 1. The molecule has 0 aliphatic heterocycles. The van der Waals surface area contributed by atoms with E-state index in [1.165, 1.54) is 22.8 Å². The lowest BCUT2D eigenvalue weighted by Crippen LogP contribution is -2.27. The zero-order valence-electron chi connectivity index (χ0n) is 15.9. The second-order valence-electron chi connectivity index (χ2n) is 6.28. The van der Waals surface area contributed by atoms with Gasteiger partial charge in [0, 0.05) is 17.6 Å². The van der Waals surface area contributed by atoms with Crippen molar-refractivity contribution in [1.29, 1.82) is 0 Å². The largest absolute Gasteiger partial charge is 0.319 e. The zero-order chi connectivity index (χ0) is 21.8. The molecule has 1 atom stereocenters. The van der Waals surface area contributed by atoms with Crippen LogP contribution in [0.15, 0.2) is 65.1 Å². The summed E-state index contributed by atoms with van der Waals surface area (Å²) in [5.41, 5.74) is 0.0405. The highest BCUT2D eigenvalue weighted by atomic mass is 35.5. The molecule has 0 spiro atoms. The van der Waals surface area contributed by atoms with Gasteiger partial charge in [0.2, 0.25) is 5.91 Å². The summed E-state index contributed by atoms with van der Waals surface area (Å²) in [6, 6.07) is 10.7. The first-order valence-electron chi connectivity index (χ1n) is 8.83. The summed E-state index contributed by atoms with van der Waals surface area (Å²) >= 11 is 7.09. The van der Waals surface area contributed by atoms with Crippen molar-refractivity contribution in [1.82, 2.24) is 9.55 Å². The molecule has 0 saturated carbocycles. The normalized spacial score (nSPS) is 11.8. The number of hydrogen-bond donors (Lipinski definition) is 1. The van der Waals surface area contributed by atoms with E-state index in [2.05, 4.69) is 16.9 Å². The molecule has 1 aromatic heterocycles. The minimum atomic E-state index is -0.690. The topological polar surface area (TPSA) is 107 Å². The van der Waals surface area contributed by atoms with Gasteiger partial charge in [-0.25, -0.2) is 4.98 Å². The van der Waals surface area contributed by atoms with Crippen LogP contribution in [0.4, 0.5) is 11.4 Å². The molecular formula is C20H17ClN4O4S. The summed E-state index contributed by atoms with van der Waals surface area (Å²) in [5, 5.41) is 14.2. The van der Waals surface area contributed by atoms with Crippen LogP contribution < -0.4 is 10.9 Å². The maximum absolute atomic E-state index is 12.9. The number of aromatic nitrogens is 2. The van der Waals surface area contributed by atoms with Crippen LogP contribution in [0.1, 0.15) is 6.92 Å². The Kier molecular flexibility index (Phi) is 6.53. The van der Waals surface area contributed by atoms with E-state index in [4.69, 9.17) is 11.6 Å². The van der Waals surface area contributed by atoms with E-state index in [9.17, 15) is 19.7 Å². The highest BCUT2D eigenvalue weighted by molar-refractivity contribution is 8.00. The van der Waals surface area contributed by atoms with Gasteiger partial charge in [-0.1, -0.05) is 41.6 Å². The van der Waals surface area contributed by atoms with Crippen LogP contribution in [0.2, 0.25) is 5.02 Å². The summed E-state index contributed by atoms with van der Waals surface area (Å²) in [4.78, 5) is 40.6. The number of benzene rings is 2. The number of nitrogens with zero attached hydrogens (tertiary/aromatic N) is 3. The van der Waals surface area contributed by atoms with Crippen molar-refractivity contribution in [2.45, 2.75) is 23.9 Å². The van der Waals surface area contributed by atoms with Gasteiger partial charge < -0.3 is 5.32 Å². The van der Waals surface area contributed by atoms with Crippen molar-refractivity contribution in [2.24, 2.45) is 0 Å². The Balaban J connectivity index is 1.92. The van der Waals surface area contributed by atoms with E-state index in [-0.39, 0.29) is 23.5 Å². The minimum Gasteiger partial charge on any atom is -0.319 e. The number of carbonyl (C=O) groups excluding carboxylic acids is 1. The van der Waals surface area contributed by atoms with Gasteiger partial charge in [-0.3, -0.25) is 24.3 Å². The third-order valence-corrected chi connectivity index (χ3v) is 5.53. The molecule has 3 rings (SSSR count). The fourth-order valence-corrected chi connectivity index (χ4v) is 3.82. The highest BCUT2D eigenvalue weighted by Crippen LogP contribution is 2.27. The molecular weight excluding hydrogens is 428 g/mol.